The maximum Gasteiger partial charge on any atom is 0.255 e. The number of carbonyl (C=O) groups excluding carboxylic acids is 2. The van der Waals surface area contributed by atoms with Gasteiger partial charge in [0.1, 0.15) is 17.1 Å². The molecule has 2 aromatic rings. The van der Waals surface area contributed by atoms with Gasteiger partial charge in [0.05, 0.1) is 25.8 Å². The third kappa shape index (κ3) is 4.57. The van der Waals surface area contributed by atoms with Gasteiger partial charge in [-0.05, 0) is 49.2 Å². The number of ether oxygens (including phenoxy) is 2. The van der Waals surface area contributed by atoms with Gasteiger partial charge in [-0.15, -0.1) is 0 Å². The summed E-state index contributed by atoms with van der Waals surface area (Å²) in [4.78, 5) is 27.0. The Kier molecular flexibility index (Phi) is 5.90. The van der Waals surface area contributed by atoms with E-state index in [-0.39, 0.29) is 11.8 Å². The summed E-state index contributed by atoms with van der Waals surface area (Å²) in [5.74, 6) is 1.23. The molecule has 4 rings (SSSR count). The first-order valence-electron chi connectivity index (χ1n) is 10.3. The summed E-state index contributed by atoms with van der Waals surface area (Å²) in [6, 6.07) is 15.0. The quantitative estimate of drug-likeness (QED) is 0.789. The predicted octanol–water partition coefficient (Wildman–Crippen LogP) is 1.97. The van der Waals surface area contributed by atoms with E-state index >= 15 is 0 Å². The van der Waals surface area contributed by atoms with Crippen molar-refractivity contribution in [3.05, 3.63) is 59.7 Å². The van der Waals surface area contributed by atoms with Gasteiger partial charge in [0.2, 0.25) is 5.91 Å². The molecule has 0 aliphatic carbocycles. The first-order valence-corrected chi connectivity index (χ1v) is 10.3. The first-order chi connectivity index (χ1) is 14.6. The van der Waals surface area contributed by atoms with Crippen LogP contribution in [-0.2, 0) is 11.3 Å². The number of nitrogens with one attached hydrogen (secondary N) is 2. The lowest BCUT2D eigenvalue weighted by atomic mass is 9.92. The summed E-state index contributed by atoms with van der Waals surface area (Å²) >= 11 is 0. The molecule has 2 aliphatic rings. The summed E-state index contributed by atoms with van der Waals surface area (Å²) < 4.78 is 11.6. The van der Waals surface area contributed by atoms with Crippen molar-refractivity contribution in [2.24, 2.45) is 0 Å². The van der Waals surface area contributed by atoms with Gasteiger partial charge >= 0.3 is 0 Å². The normalized spacial score (nSPS) is 21.2. The number of likely N-dealkylation sites (tertiary alicyclic amines) is 1. The van der Waals surface area contributed by atoms with Gasteiger partial charge in [-0.1, -0.05) is 24.3 Å². The number of para-hydroxylation sites is 1. The summed E-state index contributed by atoms with van der Waals surface area (Å²) in [5.41, 5.74) is 1.03. The van der Waals surface area contributed by atoms with Crippen LogP contribution in [0.4, 0.5) is 0 Å². The number of fused-ring (bicyclic) bond motifs is 1. The number of hydrogen-bond acceptors (Lipinski definition) is 5. The maximum absolute atomic E-state index is 12.5. The van der Waals surface area contributed by atoms with E-state index in [1.807, 2.05) is 42.5 Å². The second-order valence-electron chi connectivity index (χ2n) is 7.91. The summed E-state index contributed by atoms with van der Waals surface area (Å²) in [6.07, 6.45) is 1.74. The average molecular weight is 409 g/mol. The summed E-state index contributed by atoms with van der Waals surface area (Å²) in [7, 11) is 1.63. The molecule has 1 spiro atoms. The molecule has 1 atom stereocenters. The SMILES string of the molecule is COc1cccc(CNC(=O)CN2CCCC3(CNC(=O)c4ccccc4O3)C2)c1. The van der Waals surface area contributed by atoms with Crippen LogP contribution in [0.5, 0.6) is 11.5 Å². The lowest BCUT2D eigenvalue weighted by Crippen LogP contribution is -2.57. The van der Waals surface area contributed by atoms with Crippen LogP contribution < -0.4 is 20.1 Å². The highest BCUT2D eigenvalue weighted by Gasteiger charge is 2.41. The van der Waals surface area contributed by atoms with Gasteiger partial charge in [-0.3, -0.25) is 14.5 Å². The highest BCUT2D eigenvalue weighted by atomic mass is 16.5. The molecule has 2 heterocycles. The number of methoxy groups -OCH3 is 1. The molecule has 1 saturated heterocycles. The smallest absolute Gasteiger partial charge is 0.255 e. The molecule has 2 aliphatic heterocycles. The summed E-state index contributed by atoms with van der Waals surface area (Å²) in [5, 5.41) is 5.97. The van der Waals surface area contributed by atoms with Crippen molar-refractivity contribution in [3.63, 3.8) is 0 Å². The van der Waals surface area contributed by atoms with Crippen molar-refractivity contribution in [1.82, 2.24) is 15.5 Å². The van der Waals surface area contributed by atoms with E-state index in [1.165, 1.54) is 0 Å². The molecule has 1 fully saturated rings. The Morgan fingerprint density at radius 3 is 3.00 bits per heavy atom. The molecule has 0 saturated carbocycles. The molecule has 30 heavy (non-hydrogen) atoms. The maximum atomic E-state index is 12.5. The van der Waals surface area contributed by atoms with Gasteiger partial charge in [-0.25, -0.2) is 0 Å². The molecule has 1 unspecified atom stereocenters. The van der Waals surface area contributed by atoms with Crippen LogP contribution in [0.3, 0.4) is 0 Å². The fourth-order valence-electron chi connectivity index (χ4n) is 4.14. The Morgan fingerprint density at radius 1 is 1.27 bits per heavy atom. The zero-order valence-corrected chi connectivity index (χ0v) is 17.1. The zero-order chi connectivity index (χ0) is 21.0. The van der Waals surface area contributed by atoms with E-state index < -0.39 is 5.60 Å². The van der Waals surface area contributed by atoms with Gasteiger partial charge in [-0.2, -0.15) is 0 Å². The van der Waals surface area contributed by atoms with Crippen molar-refractivity contribution in [1.29, 1.82) is 0 Å². The Morgan fingerprint density at radius 2 is 2.13 bits per heavy atom. The van der Waals surface area contributed by atoms with Crippen LogP contribution in [0.25, 0.3) is 0 Å². The lowest BCUT2D eigenvalue weighted by molar-refractivity contribution is -0.123. The third-order valence-electron chi connectivity index (χ3n) is 5.64. The minimum atomic E-state index is -0.520. The molecule has 0 radical (unpaired) electrons. The van der Waals surface area contributed by atoms with Gasteiger partial charge in [0, 0.05) is 13.1 Å². The van der Waals surface area contributed by atoms with E-state index in [1.54, 1.807) is 13.2 Å². The number of piperidine rings is 1. The number of nitrogens with zero attached hydrogens (tertiary/aromatic N) is 1. The molecular weight excluding hydrogens is 382 g/mol. The average Bonchev–Trinajstić information content (AvgIpc) is 2.89. The molecule has 0 bridgehead atoms. The van der Waals surface area contributed by atoms with Gasteiger partial charge < -0.3 is 20.1 Å². The zero-order valence-electron chi connectivity index (χ0n) is 17.1. The Bertz CT molecular complexity index is 932. The van der Waals surface area contributed by atoms with Crippen molar-refractivity contribution < 1.29 is 19.1 Å². The predicted molar refractivity (Wildman–Crippen MR) is 113 cm³/mol. The van der Waals surface area contributed by atoms with Crippen LogP contribution in [0, 0.1) is 0 Å². The van der Waals surface area contributed by atoms with E-state index in [0.29, 0.717) is 37.5 Å². The second kappa shape index (κ2) is 8.75. The highest BCUT2D eigenvalue weighted by Crippen LogP contribution is 2.31. The fourth-order valence-corrected chi connectivity index (χ4v) is 4.14. The van der Waals surface area contributed by atoms with Crippen LogP contribution in [-0.4, -0.2) is 55.6 Å². The van der Waals surface area contributed by atoms with Gasteiger partial charge in [0.15, 0.2) is 0 Å². The van der Waals surface area contributed by atoms with Crippen molar-refractivity contribution in [2.45, 2.75) is 25.0 Å². The van der Waals surface area contributed by atoms with Gasteiger partial charge in [0.25, 0.3) is 5.91 Å². The van der Waals surface area contributed by atoms with Crippen LogP contribution in [0.15, 0.2) is 48.5 Å². The molecule has 2 N–H and O–H groups in total. The molecule has 2 aromatic carbocycles. The minimum Gasteiger partial charge on any atom is -0.497 e. The first kappa shape index (κ1) is 20.2. The minimum absolute atomic E-state index is 0.0343. The molecule has 7 heteroatoms. The Labute approximate surface area is 176 Å². The number of benzene rings is 2. The van der Waals surface area contributed by atoms with E-state index in [2.05, 4.69) is 15.5 Å². The molecule has 158 valence electrons. The molecular formula is C23H27N3O4. The molecule has 7 nitrogen and oxygen atoms in total. The Balaban J connectivity index is 1.37. The largest absolute Gasteiger partial charge is 0.497 e. The number of carbonyl (C=O) groups is 2. The fraction of sp³-hybridized carbons (Fsp3) is 0.391. The topological polar surface area (TPSA) is 79.9 Å². The molecule has 2 amide bonds. The van der Waals surface area contributed by atoms with Crippen molar-refractivity contribution in [2.75, 3.05) is 33.3 Å². The lowest BCUT2D eigenvalue weighted by Gasteiger charge is -2.41. The van der Waals surface area contributed by atoms with Crippen LogP contribution >= 0.6 is 0 Å². The molecule has 0 aromatic heterocycles. The van der Waals surface area contributed by atoms with E-state index in [0.717, 1.165) is 30.7 Å². The van der Waals surface area contributed by atoms with Crippen LogP contribution in [0.2, 0.25) is 0 Å². The third-order valence-corrected chi connectivity index (χ3v) is 5.64. The number of rotatable bonds is 5. The number of hydrogen-bond donors (Lipinski definition) is 2. The second-order valence-corrected chi connectivity index (χ2v) is 7.91. The van der Waals surface area contributed by atoms with E-state index in [4.69, 9.17) is 9.47 Å². The van der Waals surface area contributed by atoms with E-state index in [9.17, 15) is 9.59 Å². The van der Waals surface area contributed by atoms with Crippen molar-refractivity contribution >= 4 is 11.8 Å². The highest BCUT2D eigenvalue weighted by molar-refractivity contribution is 5.97. The van der Waals surface area contributed by atoms with Crippen molar-refractivity contribution in [3.8, 4) is 11.5 Å². The van der Waals surface area contributed by atoms with Crippen LogP contribution in [0.1, 0.15) is 28.8 Å². The monoisotopic (exact) mass is 409 g/mol. The Hall–Kier alpha value is -3.06. The summed E-state index contributed by atoms with van der Waals surface area (Å²) in [6.45, 7) is 2.60. The standard InChI is InChI=1S/C23H27N3O4/c1-29-18-7-4-6-17(12-18)13-24-21(27)14-26-11-5-10-23(16-26)15-25-22(28)19-8-2-3-9-20(19)30-23/h2-4,6-9,12H,5,10-11,13-16H2,1H3,(H,24,27)(H,25,28). The number of amides is 2.